The van der Waals surface area contributed by atoms with Gasteiger partial charge in [-0.1, -0.05) is 60.2 Å². The monoisotopic (exact) mass is 337 g/mol. The van der Waals surface area contributed by atoms with Crippen LogP contribution in [0.25, 0.3) is 0 Å². The molecular formula is C20H23N3O2. The van der Waals surface area contributed by atoms with E-state index in [1.807, 2.05) is 37.3 Å². The zero-order chi connectivity index (χ0) is 17.6. The maximum absolute atomic E-state index is 12.0. The molecule has 130 valence electrons. The van der Waals surface area contributed by atoms with E-state index in [1.165, 1.54) is 5.56 Å². The third kappa shape index (κ3) is 5.16. The van der Waals surface area contributed by atoms with Gasteiger partial charge < -0.3 is 5.32 Å². The fourth-order valence-electron chi connectivity index (χ4n) is 2.65. The Kier molecular flexibility index (Phi) is 5.46. The maximum atomic E-state index is 12.0. The molecule has 3 N–H and O–H groups in total. The van der Waals surface area contributed by atoms with Crippen LogP contribution < -0.4 is 16.0 Å². The molecule has 3 rings (SSSR count). The largest absolute Gasteiger partial charge is 0.335 e. The van der Waals surface area contributed by atoms with Gasteiger partial charge in [0.25, 0.3) is 0 Å². The van der Waals surface area contributed by atoms with E-state index in [4.69, 9.17) is 0 Å². The van der Waals surface area contributed by atoms with Crippen LogP contribution in [0.3, 0.4) is 0 Å². The molecule has 1 saturated carbocycles. The molecule has 25 heavy (non-hydrogen) atoms. The lowest BCUT2D eigenvalue weighted by Gasteiger charge is -2.20. The highest BCUT2D eigenvalue weighted by Gasteiger charge is 2.24. The van der Waals surface area contributed by atoms with Crippen molar-refractivity contribution in [3.63, 3.8) is 0 Å². The van der Waals surface area contributed by atoms with Crippen molar-refractivity contribution in [2.75, 3.05) is 6.54 Å². The predicted octanol–water partition coefficient (Wildman–Crippen LogP) is 2.66. The van der Waals surface area contributed by atoms with Crippen molar-refractivity contribution in [2.24, 2.45) is 0 Å². The molecule has 1 fully saturated rings. The second kappa shape index (κ2) is 7.94. The van der Waals surface area contributed by atoms with Gasteiger partial charge in [-0.3, -0.25) is 15.4 Å². The molecule has 1 aliphatic carbocycles. The summed E-state index contributed by atoms with van der Waals surface area (Å²) >= 11 is 0. The van der Waals surface area contributed by atoms with Gasteiger partial charge in [-0.05, 0) is 30.9 Å². The number of carbonyl (C=O) groups excluding carboxylic acids is 2. The third-order valence-electron chi connectivity index (χ3n) is 4.18. The summed E-state index contributed by atoms with van der Waals surface area (Å²) in [5.41, 5.74) is 3.33. The molecule has 0 saturated heterocycles. The number of carbonyl (C=O) groups is 2. The quantitative estimate of drug-likeness (QED) is 0.759. The summed E-state index contributed by atoms with van der Waals surface area (Å²) in [6.07, 6.45) is 1.98. The van der Waals surface area contributed by atoms with Gasteiger partial charge in [-0.15, -0.1) is 0 Å². The van der Waals surface area contributed by atoms with E-state index in [-0.39, 0.29) is 24.5 Å². The lowest BCUT2D eigenvalue weighted by Crippen LogP contribution is -2.44. The first kappa shape index (κ1) is 17.2. The zero-order valence-electron chi connectivity index (χ0n) is 14.3. The molecule has 0 radical (unpaired) electrons. The van der Waals surface area contributed by atoms with Gasteiger partial charge in [0.05, 0.1) is 12.6 Å². The van der Waals surface area contributed by atoms with Crippen LogP contribution in [-0.4, -0.2) is 24.5 Å². The van der Waals surface area contributed by atoms with Crippen molar-refractivity contribution in [3.8, 4) is 0 Å². The SMILES string of the molecule is Cc1ccc([C@H](NCC(=O)NC(=O)NC2CC2)c2ccccc2)cc1. The Morgan fingerprint density at radius 3 is 2.28 bits per heavy atom. The number of hydrogen-bond donors (Lipinski definition) is 3. The number of urea groups is 1. The molecule has 2 aromatic carbocycles. The second-order valence-electron chi connectivity index (χ2n) is 6.43. The molecule has 2 aromatic rings. The van der Waals surface area contributed by atoms with E-state index < -0.39 is 6.03 Å². The molecule has 5 nitrogen and oxygen atoms in total. The molecule has 0 unspecified atom stereocenters. The minimum absolute atomic E-state index is 0.0610. The zero-order valence-corrected chi connectivity index (χ0v) is 14.3. The number of nitrogens with one attached hydrogen (secondary N) is 3. The van der Waals surface area contributed by atoms with Crippen LogP contribution in [0, 0.1) is 6.92 Å². The first-order chi connectivity index (χ1) is 12.1. The Bertz CT molecular complexity index is 724. The van der Waals surface area contributed by atoms with Gasteiger partial charge in [0.2, 0.25) is 5.91 Å². The van der Waals surface area contributed by atoms with Crippen molar-refractivity contribution in [1.82, 2.24) is 16.0 Å². The number of imide groups is 1. The highest BCUT2D eigenvalue weighted by molar-refractivity contribution is 5.95. The van der Waals surface area contributed by atoms with Crippen LogP contribution in [0.1, 0.15) is 35.6 Å². The van der Waals surface area contributed by atoms with Crippen LogP contribution in [0.5, 0.6) is 0 Å². The fourth-order valence-corrected chi connectivity index (χ4v) is 2.65. The smallest absolute Gasteiger partial charge is 0.321 e. The summed E-state index contributed by atoms with van der Waals surface area (Å²) in [6, 6.07) is 17.9. The lowest BCUT2D eigenvalue weighted by atomic mass is 9.98. The van der Waals surface area contributed by atoms with E-state index in [0.717, 1.165) is 24.0 Å². The van der Waals surface area contributed by atoms with Crippen LogP contribution >= 0.6 is 0 Å². The fraction of sp³-hybridized carbons (Fsp3) is 0.300. The molecule has 0 heterocycles. The normalized spacial score (nSPS) is 14.6. The molecule has 0 bridgehead atoms. The lowest BCUT2D eigenvalue weighted by molar-refractivity contribution is -0.119. The molecule has 0 aliphatic heterocycles. The average molecular weight is 337 g/mol. The maximum Gasteiger partial charge on any atom is 0.321 e. The van der Waals surface area contributed by atoms with Gasteiger partial charge in [0.15, 0.2) is 0 Å². The van der Waals surface area contributed by atoms with Gasteiger partial charge in [-0.25, -0.2) is 4.79 Å². The summed E-state index contributed by atoms with van der Waals surface area (Å²) < 4.78 is 0. The Hall–Kier alpha value is -2.66. The molecule has 3 amide bonds. The highest BCUT2D eigenvalue weighted by Crippen LogP contribution is 2.22. The van der Waals surface area contributed by atoms with Gasteiger partial charge in [0.1, 0.15) is 0 Å². The topological polar surface area (TPSA) is 70.2 Å². The Morgan fingerprint density at radius 2 is 1.64 bits per heavy atom. The number of rotatable bonds is 6. The third-order valence-corrected chi connectivity index (χ3v) is 4.18. The minimum atomic E-state index is -0.416. The molecule has 0 aromatic heterocycles. The number of aryl methyl sites for hydroxylation is 1. The molecule has 1 aliphatic rings. The van der Waals surface area contributed by atoms with Crippen LogP contribution in [0.4, 0.5) is 4.79 Å². The van der Waals surface area contributed by atoms with Crippen molar-refractivity contribution < 1.29 is 9.59 Å². The van der Waals surface area contributed by atoms with E-state index in [1.54, 1.807) is 0 Å². The Balaban J connectivity index is 1.64. The minimum Gasteiger partial charge on any atom is -0.335 e. The van der Waals surface area contributed by atoms with E-state index >= 15 is 0 Å². The molecule has 5 heteroatoms. The average Bonchev–Trinajstić information content (AvgIpc) is 3.41. The van der Waals surface area contributed by atoms with Crippen molar-refractivity contribution >= 4 is 11.9 Å². The summed E-state index contributed by atoms with van der Waals surface area (Å²) in [5, 5.41) is 8.36. The summed E-state index contributed by atoms with van der Waals surface area (Å²) in [7, 11) is 0. The van der Waals surface area contributed by atoms with Crippen molar-refractivity contribution in [1.29, 1.82) is 0 Å². The van der Waals surface area contributed by atoms with Crippen molar-refractivity contribution in [2.45, 2.75) is 31.8 Å². The Labute approximate surface area is 147 Å². The van der Waals surface area contributed by atoms with E-state index in [2.05, 4.69) is 40.2 Å². The predicted molar refractivity (Wildman–Crippen MR) is 97.2 cm³/mol. The van der Waals surface area contributed by atoms with E-state index in [9.17, 15) is 9.59 Å². The first-order valence-electron chi connectivity index (χ1n) is 8.57. The van der Waals surface area contributed by atoms with Crippen molar-refractivity contribution in [3.05, 3.63) is 71.3 Å². The first-order valence-corrected chi connectivity index (χ1v) is 8.57. The van der Waals surface area contributed by atoms with Gasteiger partial charge in [-0.2, -0.15) is 0 Å². The number of hydrogen-bond acceptors (Lipinski definition) is 3. The molecular weight excluding hydrogens is 314 g/mol. The van der Waals surface area contributed by atoms with E-state index in [0.29, 0.717) is 0 Å². The van der Waals surface area contributed by atoms with Crippen LogP contribution in [-0.2, 0) is 4.79 Å². The highest BCUT2D eigenvalue weighted by atomic mass is 16.2. The standard InChI is InChI=1S/C20H23N3O2/c1-14-7-9-16(10-8-14)19(15-5-3-2-4-6-15)21-13-18(24)23-20(25)22-17-11-12-17/h2-10,17,19,21H,11-13H2,1H3,(H2,22,23,24,25)/t19-/m1/s1. The Morgan fingerprint density at radius 1 is 1.00 bits per heavy atom. The summed E-state index contributed by atoms with van der Waals surface area (Å²) in [6.45, 7) is 2.10. The molecule has 1 atom stereocenters. The summed E-state index contributed by atoms with van der Waals surface area (Å²) in [4.78, 5) is 23.7. The van der Waals surface area contributed by atoms with Gasteiger partial charge >= 0.3 is 6.03 Å². The van der Waals surface area contributed by atoms with Crippen LogP contribution in [0.15, 0.2) is 54.6 Å². The van der Waals surface area contributed by atoms with Gasteiger partial charge in [0, 0.05) is 6.04 Å². The number of benzene rings is 2. The second-order valence-corrected chi connectivity index (χ2v) is 6.43. The molecule has 0 spiro atoms. The van der Waals surface area contributed by atoms with Crippen LogP contribution in [0.2, 0.25) is 0 Å². The summed E-state index contributed by atoms with van der Waals surface area (Å²) in [5.74, 6) is -0.341. The number of amides is 3.